The molecule has 1 aliphatic rings. The summed E-state index contributed by atoms with van der Waals surface area (Å²) in [6, 6.07) is 0. The van der Waals surface area contributed by atoms with Gasteiger partial charge in [0.2, 0.25) is 0 Å². The van der Waals surface area contributed by atoms with Gasteiger partial charge < -0.3 is 14.8 Å². The van der Waals surface area contributed by atoms with Crippen molar-refractivity contribution in [1.29, 1.82) is 0 Å². The van der Waals surface area contributed by atoms with E-state index in [1.165, 1.54) is 0 Å². The summed E-state index contributed by atoms with van der Waals surface area (Å²) in [4.78, 5) is 0. The van der Waals surface area contributed by atoms with E-state index in [1.807, 2.05) is 18.2 Å². The Morgan fingerprint density at radius 1 is 1.32 bits per heavy atom. The molecule has 1 heterocycles. The largest absolute Gasteiger partial charge is 0.481 e. The van der Waals surface area contributed by atoms with Crippen LogP contribution in [0.2, 0.25) is 0 Å². The normalized spacial score (nSPS) is 19.0. The molecule has 1 aliphatic heterocycles. The lowest BCUT2D eigenvalue weighted by Crippen LogP contribution is -2.60. The first-order chi connectivity index (χ1) is 8.91. The summed E-state index contributed by atoms with van der Waals surface area (Å²) < 4.78 is 11.4. The molecule has 1 N–H and O–H groups in total. The lowest BCUT2D eigenvalue weighted by Gasteiger charge is -2.43. The Labute approximate surface area is 116 Å². The molecule has 0 amide bonds. The molecule has 0 saturated carbocycles. The molecular formula is C16H25NO2. The molecule has 0 aromatic rings. The van der Waals surface area contributed by atoms with Gasteiger partial charge in [-0.1, -0.05) is 31.4 Å². The Morgan fingerprint density at radius 2 is 2.00 bits per heavy atom. The van der Waals surface area contributed by atoms with Crippen LogP contribution in [0.3, 0.4) is 0 Å². The average Bonchev–Trinajstić information content (AvgIpc) is 2.28. The summed E-state index contributed by atoms with van der Waals surface area (Å²) in [6.45, 7) is 15.7. The van der Waals surface area contributed by atoms with Crippen LogP contribution in [-0.2, 0) is 9.47 Å². The summed E-state index contributed by atoms with van der Waals surface area (Å²) in [6.07, 6.45) is 9.01. The maximum Gasteiger partial charge on any atom is 0.167 e. The van der Waals surface area contributed by atoms with Gasteiger partial charge in [0, 0.05) is 12.1 Å². The van der Waals surface area contributed by atoms with E-state index in [4.69, 9.17) is 9.47 Å². The highest BCUT2D eigenvalue weighted by atomic mass is 16.6. The first kappa shape index (κ1) is 15.7. The highest BCUT2D eigenvalue weighted by Crippen LogP contribution is 2.25. The third-order valence-electron chi connectivity index (χ3n) is 2.68. The highest BCUT2D eigenvalue weighted by molar-refractivity contribution is 5.21. The van der Waals surface area contributed by atoms with Gasteiger partial charge in [-0.2, -0.15) is 0 Å². The van der Waals surface area contributed by atoms with Gasteiger partial charge in [-0.15, -0.1) is 0 Å². The molecule has 1 fully saturated rings. The standard InChI is InChI=1S/C16H25NO2/c1-6-8-10-14(9-7-2)19-16(12-18-13-16)11-17-15(3,4)5/h6-10,17H,1-2,11-13H2,3-5H3/b10-8-,14-9+. The minimum Gasteiger partial charge on any atom is -0.481 e. The molecule has 0 unspecified atom stereocenters. The molecule has 106 valence electrons. The average molecular weight is 263 g/mol. The number of hydrogen-bond donors (Lipinski definition) is 1. The van der Waals surface area contributed by atoms with Crippen molar-refractivity contribution in [3.8, 4) is 0 Å². The minimum atomic E-state index is -0.284. The topological polar surface area (TPSA) is 30.5 Å². The summed E-state index contributed by atoms with van der Waals surface area (Å²) in [5.41, 5.74) is -0.223. The lowest BCUT2D eigenvalue weighted by atomic mass is 9.99. The molecule has 0 aliphatic carbocycles. The molecule has 0 spiro atoms. The van der Waals surface area contributed by atoms with Crippen molar-refractivity contribution in [1.82, 2.24) is 5.32 Å². The number of allylic oxidation sites excluding steroid dienone is 5. The van der Waals surface area contributed by atoms with E-state index in [1.54, 1.807) is 12.2 Å². The van der Waals surface area contributed by atoms with Crippen LogP contribution in [0.15, 0.2) is 49.3 Å². The van der Waals surface area contributed by atoms with E-state index in [9.17, 15) is 0 Å². The third kappa shape index (κ3) is 5.45. The van der Waals surface area contributed by atoms with Gasteiger partial charge in [-0.3, -0.25) is 0 Å². The van der Waals surface area contributed by atoms with Crippen LogP contribution in [-0.4, -0.2) is 30.9 Å². The predicted octanol–water partition coefficient (Wildman–Crippen LogP) is 2.97. The quantitative estimate of drug-likeness (QED) is 0.566. The van der Waals surface area contributed by atoms with E-state index in [-0.39, 0.29) is 11.1 Å². The number of nitrogens with one attached hydrogen (secondary N) is 1. The molecule has 1 rings (SSSR count). The molecule has 0 bridgehead atoms. The Balaban J connectivity index is 2.68. The van der Waals surface area contributed by atoms with Crippen molar-refractivity contribution in [2.45, 2.75) is 31.9 Å². The smallest absolute Gasteiger partial charge is 0.167 e. The minimum absolute atomic E-state index is 0.0607. The fourth-order valence-corrected chi connectivity index (χ4v) is 1.61. The van der Waals surface area contributed by atoms with E-state index in [0.29, 0.717) is 13.2 Å². The van der Waals surface area contributed by atoms with Crippen molar-refractivity contribution >= 4 is 0 Å². The molecule has 0 aromatic carbocycles. The first-order valence-corrected chi connectivity index (χ1v) is 6.54. The van der Waals surface area contributed by atoms with Crippen LogP contribution in [0.5, 0.6) is 0 Å². The third-order valence-corrected chi connectivity index (χ3v) is 2.68. The molecule has 0 radical (unpaired) electrons. The summed E-state index contributed by atoms with van der Waals surface area (Å²) >= 11 is 0. The molecular weight excluding hydrogens is 238 g/mol. The second-order valence-corrected chi connectivity index (χ2v) is 5.78. The van der Waals surface area contributed by atoms with Crippen molar-refractivity contribution in [2.24, 2.45) is 0 Å². The molecule has 19 heavy (non-hydrogen) atoms. The fourth-order valence-electron chi connectivity index (χ4n) is 1.61. The van der Waals surface area contributed by atoms with Gasteiger partial charge in [0.1, 0.15) is 5.76 Å². The molecule has 1 saturated heterocycles. The van der Waals surface area contributed by atoms with E-state index >= 15 is 0 Å². The SMILES string of the molecule is C=C/C=C\C(=C/C=C)OC1(CNC(C)(C)C)COC1. The summed E-state index contributed by atoms with van der Waals surface area (Å²) in [7, 11) is 0. The maximum atomic E-state index is 6.08. The van der Waals surface area contributed by atoms with Crippen LogP contribution < -0.4 is 5.32 Å². The Kier molecular flexibility index (Phi) is 5.58. The fraction of sp³-hybridized carbons (Fsp3) is 0.500. The number of rotatable bonds is 7. The molecule has 3 nitrogen and oxygen atoms in total. The van der Waals surface area contributed by atoms with Gasteiger partial charge >= 0.3 is 0 Å². The van der Waals surface area contributed by atoms with Gasteiger partial charge in [-0.05, 0) is 32.9 Å². The number of ether oxygens (including phenoxy) is 2. The zero-order chi connectivity index (χ0) is 14.4. The Bertz CT molecular complexity index is 371. The second kappa shape index (κ2) is 6.73. The van der Waals surface area contributed by atoms with Gasteiger partial charge in [0.05, 0.1) is 13.2 Å². The van der Waals surface area contributed by atoms with E-state index in [0.717, 1.165) is 12.3 Å². The Morgan fingerprint density at radius 3 is 2.42 bits per heavy atom. The van der Waals surface area contributed by atoms with Crippen LogP contribution in [0.1, 0.15) is 20.8 Å². The second-order valence-electron chi connectivity index (χ2n) is 5.78. The van der Waals surface area contributed by atoms with Crippen LogP contribution in [0.4, 0.5) is 0 Å². The van der Waals surface area contributed by atoms with Crippen LogP contribution in [0.25, 0.3) is 0 Å². The highest BCUT2D eigenvalue weighted by Gasteiger charge is 2.41. The lowest BCUT2D eigenvalue weighted by molar-refractivity contribution is -0.185. The van der Waals surface area contributed by atoms with Crippen LogP contribution >= 0.6 is 0 Å². The Hall–Kier alpha value is -1.32. The summed E-state index contributed by atoms with van der Waals surface area (Å²) in [5.74, 6) is 0.772. The molecule has 0 aromatic heterocycles. The summed E-state index contributed by atoms with van der Waals surface area (Å²) in [5, 5.41) is 3.47. The van der Waals surface area contributed by atoms with Gasteiger partial charge in [-0.25, -0.2) is 0 Å². The van der Waals surface area contributed by atoms with Crippen molar-refractivity contribution in [3.63, 3.8) is 0 Å². The predicted molar refractivity (Wildman–Crippen MR) is 80.0 cm³/mol. The number of hydrogen-bond acceptors (Lipinski definition) is 3. The van der Waals surface area contributed by atoms with Gasteiger partial charge in [0.25, 0.3) is 0 Å². The molecule has 3 heteroatoms. The monoisotopic (exact) mass is 263 g/mol. The van der Waals surface area contributed by atoms with Crippen molar-refractivity contribution < 1.29 is 9.47 Å². The zero-order valence-corrected chi connectivity index (χ0v) is 12.2. The van der Waals surface area contributed by atoms with E-state index in [2.05, 4.69) is 39.2 Å². The zero-order valence-electron chi connectivity index (χ0n) is 12.2. The molecule has 0 atom stereocenters. The van der Waals surface area contributed by atoms with Crippen LogP contribution in [0, 0.1) is 0 Å². The first-order valence-electron chi connectivity index (χ1n) is 6.54. The van der Waals surface area contributed by atoms with Crippen molar-refractivity contribution in [3.05, 3.63) is 49.3 Å². The van der Waals surface area contributed by atoms with Gasteiger partial charge in [0.15, 0.2) is 5.60 Å². The van der Waals surface area contributed by atoms with E-state index < -0.39 is 0 Å². The maximum absolute atomic E-state index is 6.08. The van der Waals surface area contributed by atoms with Crippen molar-refractivity contribution in [2.75, 3.05) is 19.8 Å².